The average molecular weight is 437 g/mol. The van der Waals surface area contributed by atoms with Gasteiger partial charge in [-0.3, -0.25) is 9.36 Å². The molecule has 0 aliphatic heterocycles. The molecular weight excluding hydrogens is 420 g/mol. The largest absolute Gasteiger partial charge is 0.460 e. The molecule has 0 saturated carbocycles. The molecule has 0 atom stereocenters. The SMILES string of the molecule is O=C(CSc1nnc(-c2ccc(F)cc2F)n1-c1ccccc1)OCc1ccccc1. The molecule has 0 bridgehead atoms. The number of carbonyl (C=O) groups excluding carboxylic acids is 1. The number of aromatic nitrogens is 3. The lowest BCUT2D eigenvalue weighted by Crippen LogP contribution is -2.08. The highest BCUT2D eigenvalue weighted by Gasteiger charge is 2.20. The van der Waals surface area contributed by atoms with Crippen molar-refractivity contribution in [3.05, 3.63) is 96.1 Å². The minimum Gasteiger partial charge on any atom is -0.460 e. The van der Waals surface area contributed by atoms with Crippen molar-refractivity contribution in [3.63, 3.8) is 0 Å². The number of hydrogen-bond donors (Lipinski definition) is 0. The number of esters is 1. The number of thioether (sulfide) groups is 1. The van der Waals surface area contributed by atoms with E-state index in [0.717, 1.165) is 29.5 Å². The zero-order chi connectivity index (χ0) is 21.6. The van der Waals surface area contributed by atoms with Crippen LogP contribution in [-0.2, 0) is 16.1 Å². The van der Waals surface area contributed by atoms with Crippen LogP contribution in [0.5, 0.6) is 0 Å². The van der Waals surface area contributed by atoms with Gasteiger partial charge in [-0.2, -0.15) is 0 Å². The Morgan fingerprint density at radius 2 is 1.65 bits per heavy atom. The van der Waals surface area contributed by atoms with Crippen molar-refractivity contribution in [1.82, 2.24) is 14.8 Å². The average Bonchev–Trinajstić information content (AvgIpc) is 3.21. The van der Waals surface area contributed by atoms with Gasteiger partial charge in [-0.05, 0) is 29.8 Å². The van der Waals surface area contributed by atoms with Gasteiger partial charge in [0.05, 0.1) is 11.3 Å². The molecule has 4 aromatic rings. The number of carbonyl (C=O) groups is 1. The number of rotatable bonds is 7. The van der Waals surface area contributed by atoms with E-state index in [9.17, 15) is 13.6 Å². The van der Waals surface area contributed by atoms with Crippen molar-refractivity contribution in [1.29, 1.82) is 0 Å². The van der Waals surface area contributed by atoms with Crippen LogP contribution in [0.3, 0.4) is 0 Å². The Bertz CT molecular complexity index is 1180. The van der Waals surface area contributed by atoms with Gasteiger partial charge in [0.15, 0.2) is 11.0 Å². The van der Waals surface area contributed by atoms with Gasteiger partial charge in [0.2, 0.25) is 0 Å². The highest BCUT2D eigenvalue weighted by molar-refractivity contribution is 7.99. The molecule has 0 aliphatic carbocycles. The third kappa shape index (κ3) is 4.97. The molecule has 0 aliphatic rings. The summed E-state index contributed by atoms with van der Waals surface area (Å²) in [6.07, 6.45) is 0. The van der Waals surface area contributed by atoms with Crippen LogP contribution in [0, 0.1) is 11.6 Å². The van der Waals surface area contributed by atoms with Crippen molar-refractivity contribution < 1.29 is 18.3 Å². The number of hydrogen-bond acceptors (Lipinski definition) is 5. The van der Waals surface area contributed by atoms with Crippen LogP contribution in [-0.4, -0.2) is 26.5 Å². The van der Waals surface area contributed by atoms with Crippen molar-refractivity contribution in [2.24, 2.45) is 0 Å². The minimum atomic E-state index is -0.747. The fourth-order valence-electron chi connectivity index (χ4n) is 2.92. The smallest absolute Gasteiger partial charge is 0.316 e. The van der Waals surface area contributed by atoms with E-state index in [1.807, 2.05) is 60.7 Å². The van der Waals surface area contributed by atoms with Gasteiger partial charge in [-0.15, -0.1) is 10.2 Å². The van der Waals surface area contributed by atoms with E-state index >= 15 is 0 Å². The lowest BCUT2D eigenvalue weighted by atomic mass is 10.2. The summed E-state index contributed by atoms with van der Waals surface area (Å²) in [7, 11) is 0. The van der Waals surface area contributed by atoms with Crippen LogP contribution in [0.25, 0.3) is 17.1 Å². The standard InChI is InChI=1S/C23H17F2N3O2S/c24-17-11-12-19(20(25)13-17)22-26-27-23(28(22)18-9-5-2-6-10-18)31-15-21(29)30-14-16-7-3-1-4-8-16/h1-13H,14-15H2. The first kappa shape index (κ1) is 20.7. The van der Waals surface area contributed by atoms with E-state index in [1.165, 1.54) is 6.07 Å². The fraction of sp³-hybridized carbons (Fsp3) is 0.0870. The third-order valence-electron chi connectivity index (χ3n) is 4.38. The Labute approximate surface area is 181 Å². The third-order valence-corrected chi connectivity index (χ3v) is 5.28. The van der Waals surface area contributed by atoms with Crippen LogP contribution in [0.2, 0.25) is 0 Å². The molecule has 31 heavy (non-hydrogen) atoms. The maximum absolute atomic E-state index is 14.4. The molecule has 1 heterocycles. The number of nitrogens with zero attached hydrogens (tertiary/aromatic N) is 3. The molecule has 1 aromatic heterocycles. The monoisotopic (exact) mass is 437 g/mol. The van der Waals surface area contributed by atoms with Gasteiger partial charge in [-0.1, -0.05) is 60.3 Å². The Balaban J connectivity index is 1.56. The van der Waals surface area contributed by atoms with Crippen molar-refractivity contribution in [3.8, 4) is 17.1 Å². The molecule has 0 fully saturated rings. The summed E-state index contributed by atoms with van der Waals surface area (Å²) < 4.78 is 34.7. The predicted molar refractivity (Wildman–Crippen MR) is 114 cm³/mol. The van der Waals surface area contributed by atoms with Crippen LogP contribution in [0.4, 0.5) is 8.78 Å². The first-order valence-electron chi connectivity index (χ1n) is 9.40. The molecule has 5 nitrogen and oxygen atoms in total. The maximum Gasteiger partial charge on any atom is 0.316 e. The van der Waals surface area contributed by atoms with E-state index in [-0.39, 0.29) is 23.7 Å². The van der Waals surface area contributed by atoms with Gasteiger partial charge < -0.3 is 4.74 Å². The molecule has 0 radical (unpaired) electrons. The Morgan fingerprint density at radius 3 is 2.35 bits per heavy atom. The molecule has 0 saturated heterocycles. The molecule has 0 N–H and O–H groups in total. The van der Waals surface area contributed by atoms with Gasteiger partial charge in [-0.25, -0.2) is 8.78 Å². The van der Waals surface area contributed by atoms with Gasteiger partial charge in [0.25, 0.3) is 0 Å². The zero-order valence-corrected chi connectivity index (χ0v) is 17.1. The topological polar surface area (TPSA) is 57.0 Å². The van der Waals surface area contributed by atoms with Crippen LogP contribution in [0.15, 0.2) is 84.0 Å². The molecule has 3 aromatic carbocycles. The number of para-hydroxylation sites is 1. The van der Waals surface area contributed by atoms with Gasteiger partial charge >= 0.3 is 5.97 Å². The zero-order valence-electron chi connectivity index (χ0n) is 16.2. The molecule has 4 rings (SSSR count). The molecular formula is C23H17F2N3O2S. The summed E-state index contributed by atoms with van der Waals surface area (Å²) >= 11 is 1.13. The summed E-state index contributed by atoms with van der Waals surface area (Å²) in [6.45, 7) is 0.178. The van der Waals surface area contributed by atoms with Crippen molar-refractivity contribution in [2.45, 2.75) is 11.8 Å². The second-order valence-electron chi connectivity index (χ2n) is 6.54. The first-order chi connectivity index (χ1) is 15.1. The molecule has 8 heteroatoms. The Hall–Kier alpha value is -3.52. The highest BCUT2D eigenvalue weighted by Crippen LogP contribution is 2.29. The molecule has 156 valence electrons. The summed E-state index contributed by atoms with van der Waals surface area (Å²) in [5, 5.41) is 8.62. The number of benzene rings is 3. The van der Waals surface area contributed by atoms with Crippen LogP contribution >= 0.6 is 11.8 Å². The predicted octanol–water partition coefficient (Wildman–Crippen LogP) is 5.05. The fourth-order valence-corrected chi connectivity index (χ4v) is 3.67. The highest BCUT2D eigenvalue weighted by atomic mass is 32.2. The van der Waals surface area contributed by atoms with Crippen LogP contribution < -0.4 is 0 Å². The van der Waals surface area contributed by atoms with Gasteiger partial charge in [0.1, 0.15) is 18.2 Å². The van der Waals surface area contributed by atoms with Crippen molar-refractivity contribution >= 4 is 17.7 Å². The summed E-state index contributed by atoms with van der Waals surface area (Å²) in [5.41, 5.74) is 1.69. The lowest BCUT2D eigenvalue weighted by Gasteiger charge is -2.11. The second-order valence-corrected chi connectivity index (χ2v) is 7.48. The first-order valence-corrected chi connectivity index (χ1v) is 10.4. The summed E-state index contributed by atoms with van der Waals surface area (Å²) in [5.74, 6) is -1.62. The minimum absolute atomic E-state index is 0.00367. The molecule has 0 amide bonds. The maximum atomic E-state index is 14.4. The second kappa shape index (κ2) is 9.53. The quantitative estimate of drug-likeness (QED) is 0.299. The van der Waals surface area contributed by atoms with E-state index in [1.54, 1.807) is 4.57 Å². The number of halogens is 2. The van der Waals surface area contributed by atoms with Gasteiger partial charge in [0, 0.05) is 11.8 Å². The number of ether oxygens (including phenoxy) is 1. The van der Waals surface area contributed by atoms with E-state index < -0.39 is 17.6 Å². The summed E-state index contributed by atoms with van der Waals surface area (Å²) in [6, 6.07) is 21.8. The summed E-state index contributed by atoms with van der Waals surface area (Å²) in [4.78, 5) is 12.2. The van der Waals surface area contributed by atoms with E-state index in [0.29, 0.717) is 10.8 Å². The molecule has 0 spiro atoms. The van der Waals surface area contributed by atoms with Crippen molar-refractivity contribution in [2.75, 3.05) is 5.75 Å². The Kier molecular flexibility index (Phi) is 6.37. The Morgan fingerprint density at radius 1 is 0.935 bits per heavy atom. The van der Waals surface area contributed by atoms with Crippen LogP contribution in [0.1, 0.15) is 5.56 Å². The molecule has 0 unspecified atom stereocenters. The van der Waals surface area contributed by atoms with E-state index in [4.69, 9.17) is 4.74 Å². The van der Waals surface area contributed by atoms with E-state index in [2.05, 4.69) is 10.2 Å². The lowest BCUT2D eigenvalue weighted by molar-refractivity contribution is -0.141. The normalized spacial score (nSPS) is 10.8.